The normalized spacial score (nSPS) is 11.2. The predicted molar refractivity (Wildman–Crippen MR) is 84.6 cm³/mol. The minimum atomic E-state index is -0.556. The molecule has 0 saturated carbocycles. The average Bonchev–Trinajstić information content (AvgIpc) is 2.95. The van der Waals surface area contributed by atoms with Crippen molar-refractivity contribution >= 4 is 22.9 Å². The molecule has 0 aliphatic carbocycles. The van der Waals surface area contributed by atoms with Crippen LogP contribution in [0.25, 0.3) is 0 Å². The van der Waals surface area contributed by atoms with E-state index < -0.39 is 5.54 Å². The van der Waals surface area contributed by atoms with Crippen molar-refractivity contribution < 1.29 is 9.53 Å². The lowest BCUT2D eigenvalue weighted by Crippen LogP contribution is -2.41. The molecule has 0 aliphatic heterocycles. The SMILES string of the molecule is CCOc1c(N)cccc1C(=O)NC(C)(C)c1nccs1. The van der Waals surface area contributed by atoms with E-state index in [0.717, 1.165) is 5.01 Å². The van der Waals surface area contributed by atoms with E-state index in [1.807, 2.05) is 26.2 Å². The number of para-hydroxylation sites is 1. The lowest BCUT2D eigenvalue weighted by molar-refractivity contribution is 0.0908. The second kappa shape index (κ2) is 6.13. The molecular weight excluding hydrogens is 286 g/mol. The van der Waals surface area contributed by atoms with Crippen LogP contribution in [0.4, 0.5) is 5.69 Å². The number of rotatable bonds is 5. The van der Waals surface area contributed by atoms with Gasteiger partial charge in [0.2, 0.25) is 0 Å². The van der Waals surface area contributed by atoms with Crippen LogP contribution in [0.1, 0.15) is 36.1 Å². The Bertz CT molecular complexity index is 624. The maximum Gasteiger partial charge on any atom is 0.255 e. The molecule has 0 atom stereocenters. The van der Waals surface area contributed by atoms with Crippen molar-refractivity contribution in [3.8, 4) is 5.75 Å². The third kappa shape index (κ3) is 3.33. The summed E-state index contributed by atoms with van der Waals surface area (Å²) < 4.78 is 5.50. The number of nitrogens with two attached hydrogens (primary N) is 1. The van der Waals surface area contributed by atoms with Crippen molar-refractivity contribution in [1.29, 1.82) is 0 Å². The third-order valence-electron chi connectivity index (χ3n) is 2.97. The Hall–Kier alpha value is -2.08. The van der Waals surface area contributed by atoms with Crippen molar-refractivity contribution in [2.75, 3.05) is 12.3 Å². The third-order valence-corrected chi connectivity index (χ3v) is 4.07. The summed E-state index contributed by atoms with van der Waals surface area (Å²) in [6, 6.07) is 5.16. The largest absolute Gasteiger partial charge is 0.491 e. The molecule has 1 heterocycles. The Labute approximate surface area is 128 Å². The number of hydrogen-bond acceptors (Lipinski definition) is 5. The lowest BCUT2D eigenvalue weighted by atomic mass is 10.0. The van der Waals surface area contributed by atoms with Gasteiger partial charge < -0.3 is 15.8 Å². The molecule has 0 unspecified atom stereocenters. The van der Waals surface area contributed by atoms with Crippen molar-refractivity contribution in [2.45, 2.75) is 26.3 Å². The lowest BCUT2D eigenvalue weighted by Gasteiger charge is -2.24. The van der Waals surface area contributed by atoms with Crippen LogP contribution in [0.5, 0.6) is 5.75 Å². The van der Waals surface area contributed by atoms with Gasteiger partial charge >= 0.3 is 0 Å². The molecule has 3 N–H and O–H groups in total. The molecule has 0 spiro atoms. The van der Waals surface area contributed by atoms with Crippen LogP contribution in [-0.4, -0.2) is 17.5 Å². The van der Waals surface area contributed by atoms with Gasteiger partial charge in [0.05, 0.1) is 23.4 Å². The van der Waals surface area contributed by atoms with Crippen molar-refractivity contribution in [3.05, 3.63) is 40.3 Å². The van der Waals surface area contributed by atoms with Gasteiger partial charge in [-0.1, -0.05) is 6.07 Å². The number of thiazole rings is 1. The number of nitrogens with zero attached hydrogens (tertiary/aromatic N) is 1. The van der Waals surface area contributed by atoms with Crippen LogP contribution in [0.15, 0.2) is 29.8 Å². The number of ether oxygens (including phenoxy) is 1. The number of amides is 1. The highest BCUT2D eigenvalue weighted by molar-refractivity contribution is 7.09. The summed E-state index contributed by atoms with van der Waals surface area (Å²) in [6.07, 6.45) is 1.72. The Morgan fingerprint density at radius 2 is 2.24 bits per heavy atom. The average molecular weight is 305 g/mol. The number of hydrogen-bond donors (Lipinski definition) is 2. The molecule has 0 radical (unpaired) electrons. The summed E-state index contributed by atoms with van der Waals surface area (Å²) in [5, 5.41) is 5.70. The summed E-state index contributed by atoms with van der Waals surface area (Å²) >= 11 is 1.50. The highest BCUT2D eigenvalue weighted by atomic mass is 32.1. The predicted octanol–water partition coefficient (Wildman–Crippen LogP) is 2.79. The number of nitrogens with one attached hydrogen (secondary N) is 1. The van der Waals surface area contributed by atoms with Gasteiger partial charge in [-0.2, -0.15) is 0 Å². The smallest absolute Gasteiger partial charge is 0.255 e. The molecule has 0 fully saturated rings. The summed E-state index contributed by atoms with van der Waals surface area (Å²) in [4.78, 5) is 16.8. The van der Waals surface area contributed by atoms with Crippen LogP contribution in [0.2, 0.25) is 0 Å². The van der Waals surface area contributed by atoms with Gasteiger partial charge in [0, 0.05) is 11.6 Å². The van der Waals surface area contributed by atoms with Crippen LogP contribution in [-0.2, 0) is 5.54 Å². The number of aromatic nitrogens is 1. The fraction of sp³-hybridized carbons (Fsp3) is 0.333. The standard InChI is InChI=1S/C15H19N3O2S/c1-4-20-12-10(6-5-7-11(12)16)13(19)18-15(2,3)14-17-8-9-21-14/h5-9H,4,16H2,1-3H3,(H,18,19). The van der Waals surface area contributed by atoms with Crippen LogP contribution >= 0.6 is 11.3 Å². The summed E-state index contributed by atoms with van der Waals surface area (Å²) in [5.74, 6) is 0.193. The Balaban J connectivity index is 2.27. The monoisotopic (exact) mass is 305 g/mol. The number of benzene rings is 1. The van der Waals surface area contributed by atoms with Gasteiger partial charge in [0.1, 0.15) is 5.01 Å². The van der Waals surface area contributed by atoms with Crippen LogP contribution in [0, 0.1) is 0 Å². The maximum atomic E-state index is 12.5. The Morgan fingerprint density at radius 3 is 2.86 bits per heavy atom. The molecule has 1 aromatic heterocycles. The molecule has 6 heteroatoms. The first kappa shape index (κ1) is 15.3. The van der Waals surface area contributed by atoms with E-state index in [-0.39, 0.29) is 5.91 Å². The van der Waals surface area contributed by atoms with E-state index in [0.29, 0.717) is 23.6 Å². The van der Waals surface area contributed by atoms with Crippen LogP contribution < -0.4 is 15.8 Å². The number of carbonyl (C=O) groups excluding carboxylic acids is 1. The molecule has 2 rings (SSSR count). The zero-order valence-electron chi connectivity index (χ0n) is 12.3. The second-order valence-corrected chi connectivity index (χ2v) is 5.97. The minimum Gasteiger partial charge on any atom is -0.491 e. The molecule has 1 amide bonds. The van der Waals surface area contributed by atoms with E-state index in [1.54, 1.807) is 24.4 Å². The van der Waals surface area contributed by atoms with Gasteiger partial charge in [0.15, 0.2) is 5.75 Å². The summed E-state index contributed by atoms with van der Waals surface area (Å²) in [6.45, 7) is 6.13. The summed E-state index contributed by atoms with van der Waals surface area (Å²) in [5.41, 5.74) is 6.22. The first-order valence-corrected chi connectivity index (χ1v) is 7.57. The first-order valence-electron chi connectivity index (χ1n) is 6.69. The summed E-state index contributed by atoms with van der Waals surface area (Å²) in [7, 11) is 0. The van der Waals surface area contributed by atoms with E-state index >= 15 is 0 Å². The quantitative estimate of drug-likeness (QED) is 0.833. The van der Waals surface area contributed by atoms with Crippen molar-refractivity contribution in [2.24, 2.45) is 0 Å². The number of anilines is 1. The Morgan fingerprint density at radius 1 is 1.48 bits per heavy atom. The second-order valence-electron chi connectivity index (χ2n) is 5.07. The van der Waals surface area contributed by atoms with E-state index in [9.17, 15) is 4.79 Å². The zero-order chi connectivity index (χ0) is 15.5. The molecule has 2 aromatic rings. The number of nitrogen functional groups attached to an aromatic ring is 1. The van der Waals surface area contributed by atoms with Gasteiger partial charge in [-0.05, 0) is 32.9 Å². The fourth-order valence-corrected chi connectivity index (χ4v) is 2.69. The van der Waals surface area contributed by atoms with Gasteiger partial charge in [-0.25, -0.2) is 4.98 Å². The molecule has 0 saturated heterocycles. The molecule has 5 nitrogen and oxygen atoms in total. The Kier molecular flexibility index (Phi) is 4.47. The van der Waals surface area contributed by atoms with E-state index in [4.69, 9.17) is 10.5 Å². The molecular formula is C15H19N3O2S. The van der Waals surface area contributed by atoms with Gasteiger partial charge in [0.25, 0.3) is 5.91 Å². The molecule has 21 heavy (non-hydrogen) atoms. The highest BCUT2D eigenvalue weighted by Gasteiger charge is 2.27. The molecule has 112 valence electrons. The molecule has 1 aromatic carbocycles. The van der Waals surface area contributed by atoms with Crippen molar-refractivity contribution in [3.63, 3.8) is 0 Å². The van der Waals surface area contributed by atoms with Gasteiger partial charge in [-0.3, -0.25) is 4.79 Å². The first-order chi connectivity index (χ1) is 9.95. The minimum absolute atomic E-state index is 0.231. The van der Waals surface area contributed by atoms with E-state index in [1.165, 1.54) is 11.3 Å². The van der Waals surface area contributed by atoms with Crippen molar-refractivity contribution in [1.82, 2.24) is 10.3 Å². The fourth-order valence-electron chi connectivity index (χ4n) is 1.98. The maximum absolute atomic E-state index is 12.5. The van der Waals surface area contributed by atoms with Gasteiger partial charge in [-0.15, -0.1) is 11.3 Å². The topological polar surface area (TPSA) is 77.2 Å². The van der Waals surface area contributed by atoms with E-state index in [2.05, 4.69) is 10.3 Å². The molecule has 0 bridgehead atoms. The van der Waals surface area contributed by atoms with Crippen LogP contribution in [0.3, 0.4) is 0 Å². The zero-order valence-corrected chi connectivity index (χ0v) is 13.2. The highest BCUT2D eigenvalue weighted by Crippen LogP contribution is 2.28. The number of carbonyl (C=O) groups is 1. The molecule has 0 aliphatic rings.